The van der Waals surface area contributed by atoms with Crippen molar-refractivity contribution in [3.8, 4) is 5.75 Å². The summed E-state index contributed by atoms with van der Waals surface area (Å²) < 4.78 is 47.0. The number of amides is 1. The molecule has 1 aliphatic heterocycles. The number of halogens is 3. The molecule has 0 radical (unpaired) electrons. The van der Waals surface area contributed by atoms with Gasteiger partial charge in [-0.2, -0.15) is 13.2 Å². The Morgan fingerprint density at radius 1 is 1.16 bits per heavy atom. The van der Waals surface area contributed by atoms with Crippen molar-refractivity contribution in [3.05, 3.63) is 42.0 Å². The van der Waals surface area contributed by atoms with Crippen molar-refractivity contribution in [2.24, 2.45) is 5.41 Å². The number of rotatable bonds is 3. The third kappa shape index (κ3) is 3.04. The third-order valence-electron chi connectivity index (χ3n) is 4.48. The van der Waals surface area contributed by atoms with Crippen LogP contribution in [0.25, 0.3) is 10.8 Å². The van der Waals surface area contributed by atoms with E-state index < -0.39 is 23.5 Å². The molecule has 0 unspecified atom stereocenters. The van der Waals surface area contributed by atoms with E-state index in [1.54, 1.807) is 44.2 Å². The molecule has 0 saturated carbocycles. The van der Waals surface area contributed by atoms with E-state index in [1.807, 2.05) is 0 Å². The van der Waals surface area contributed by atoms with Crippen LogP contribution < -0.4 is 10.2 Å². The Bertz CT molecular complexity index is 818. The Hall–Kier alpha value is -2.28. The number of methoxy groups -OCH3 is 1. The molecule has 0 aromatic heterocycles. The van der Waals surface area contributed by atoms with Crippen LogP contribution in [0.2, 0.25) is 0 Å². The number of fused-ring (bicyclic) bond motifs is 1. The van der Waals surface area contributed by atoms with Gasteiger partial charge in [-0.05, 0) is 30.9 Å². The molecule has 1 fully saturated rings. The summed E-state index contributed by atoms with van der Waals surface area (Å²) in [6, 6.07) is 7.79. The van der Waals surface area contributed by atoms with Gasteiger partial charge >= 0.3 is 6.18 Å². The maximum absolute atomic E-state index is 13.9. The molecule has 0 aliphatic carbocycles. The Morgan fingerprint density at radius 3 is 2.36 bits per heavy atom. The molecule has 1 aliphatic rings. The highest BCUT2D eigenvalue weighted by molar-refractivity contribution is 5.91. The van der Waals surface area contributed by atoms with Crippen molar-refractivity contribution < 1.29 is 22.7 Å². The molecule has 1 heterocycles. The molecule has 1 atom stereocenters. The van der Waals surface area contributed by atoms with Crippen LogP contribution in [0.3, 0.4) is 0 Å². The highest BCUT2D eigenvalue weighted by Crippen LogP contribution is 2.43. The van der Waals surface area contributed by atoms with E-state index in [0.717, 1.165) is 5.01 Å². The van der Waals surface area contributed by atoms with Gasteiger partial charge < -0.3 is 4.74 Å². The fourth-order valence-electron chi connectivity index (χ4n) is 3.22. The maximum atomic E-state index is 13.9. The number of carbonyl (C=O) groups is 1. The molecular formula is C18H19F3N2O2. The lowest BCUT2D eigenvalue weighted by Crippen LogP contribution is -2.43. The van der Waals surface area contributed by atoms with Crippen LogP contribution in [0.4, 0.5) is 13.2 Å². The van der Waals surface area contributed by atoms with Crippen molar-refractivity contribution in [2.45, 2.75) is 26.1 Å². The zero-order valence-corrected chi connectivity index (χ0v) is 14.1. The lowest BCUT2D eigenvalue weighted by Gasteiger charge is -2.30. The molecule has 3 rings (SSSR count). The van der Waals surface area contributed by atoms with Crippen molar-refractivity contribution in [3.63, 3.8) is 0 Å². The van der Waals surface area contributed by atoms with Gasteiger partial charge in [0.2, 0.25) is 5.91 Å². The van der Waals surface area contributed by atoms with Gasteiger partial charge in [-0.15, -0.1) is 0 Å². The summed E-state index contributed by atoms with van der Waals surface area (Å²) in [5.74, 6) is 0.0885. The monoisotopic (exact) mass is 352 g/mol. The van der Waals surface area contributed by atoms with Gasteiger partial charge in [0.25, 0.3) is 0 Å². The second-order valence-corrected chi connectivity index (χ2v) is 6.80. The van der Waals surface area contributed by atoms with Gasteiger partial charge in [0.15, 0.2) is 6.04 Å². The zero-order chi connectivity index (χ0) is 18.4. The van der Waals surface area contributed by atoms with Gasteiger partial charge in [-0.1, -0.05) is 30.3 Å². The molecule has 2 aromatic rings. The number of hydrogen-bond acceptors (Lipinski definition) is 3. The molecule has 0 bridgehead atoms. The predicted molar refractivity (Wildman–Crippen MR) is 87.9 cm³/mol. The highest BCUT2D eigenvalue weighted by Gasteiger charge is 2.51. The van der Waals surface area contributed by atoms with Crippen LogP contribution in [0.15, 0.2) is 36.4 Å². The molecule has 4 nitrogen and oxygen atoms in total. The van der Waals surface area contributed by atoms with Gasteiger partial charge in [-0.3, -0.25) is 10.2 Å². The smallest absolute Gasteiger partial charge is 0.409 e. The number of nitrogens with zero attached hydrogens (tertiary/aromatic N) is 1. The highest BCUT2D eigenvalue weighted by atomic mass is 19.4. The molecule has 25 heavy (non-hydrogen) atoms. The van der Waals surface area contributed by atoms with E-state index >= 15 is 0 Å². The normalized spacial score (nSPS) is 19.0. The Morgan fingerprint density at radius 2 is 1.80 bits per heavy atom. The standard InChI is InChI=1S/C18H19F3N2O2/c1-17(2)10-23(22-16(17)24)15(18(19,20)21)13-8-4-7-12-11(13)6-5-9-14(12)25-3/h4-9,15H,10H2,1-3H3,(H,22,24)/t15-/m0/s1. The van der Waals surface area contributed by atoms with Crippen LogP contribution in [-0.4, -0.2) is 30.7 Å². The van der Waals surface area contributed by atoms with Crippen molar-refractivity contribution in [1.29, 1.82) is 0 Å². The quantitative estimate of drug-likeness (QED) is 0.913. The Labute approximate surface area is 143 Å². The molecule has 1 amide bonds. The lowest BCUT2D eigenvalue weighted by molar-refractivity contribution is -0.191. The number of benzene rings is 2. The molecule has 134 valence electrons. The van der Waals surface area contributed by atoms with Gasteiger partial charge in [-0.25, -0.2) is 5.01 Å². The maximum Gasteiger partial charge on any atom is 0.409 e. The average Bonchev–Trinajstić information content (AvgIpc) is 2.78. The first kappa shape index (κ1) is 17.5. The molecule has 0 spiro atoms. The zero-order valence-electron chi connectivity index (χ0n) is 14.1. The first-order valence-corrected chi connectivity index (χ1v) is 7.85. The van der Waals surface area contributed by atoms with Gasteiger partial charge in [0.05, 0.1) is 12.5 Å². The number of hydrazine groups is 1. The summed E-state index contributed by atoms with van der Waals surface area (Å²) in [4.78, 5) is 12.0. The third-order valence-corrected chi connectivity index (χ3v) is 4.48. The SMILES string of the molecule is COc1cccc2c([C@H](N3CC(C)(C)C(=O)N3)C(F)(F)F)cccc12. The molecule has 1 saturated heterocycles. The minimum absolute atomic E-state index is 0.0314. The number of nitrogens with one attached hydrogen (secondary N) is 1. The number of alkyl halides is 3. The molecule has 2 aromatic carbocycles. The van der Waals surface area contributed by atoms with Crippen LogP contribution in [0.1, 0.15) is 25.5 Å². The van der Waals surface area contributed by atoms with E-state index in [-0.39, 0.29) is 12.1 Å². The Balaban J connectivity index is 2.16. The minimum atomic E-state index is -4.55. The largest absolute Gasteiger partial charge is 0.496 e. The number of carbonyl (C=O) groups excluding carboxylic acids is 1. The fourth-order valence-corrected chi connectivity index (χ4v) is 3.22. The van der Waals surface area contributed by atoms with E-state index in [9.17, 15) is 18.0 Å². The van der Waals surface area contributed by atoms with E-state index in [1.165, 1.54) is 13.2 Å². The summed E-state index contributed by atoms with van der Waals surface area (Å²) in [6.07, 6.45) is -4.55. The topological polar surface area (TPSA) is 41.6 Å². The second kappa shape index (κ2) is 5.91. The van der Waals surface area contributed by atoms with Crippen LogP contribution in [0.5, 0.6) is 5.75 Å². The summed E-state index contributed by atoms with van der Waals surface area (Å²) in [6.45, 7) is 3.22. The summed E-state index contributed by atoms with van der Waals surface area (Å²) in [5.41, 5.74) is 1.59. The van der Waals surface area contributed by atoms with E-state index in [0.29, 0.717) is 16.5 Å². The Kier molecular flexibility index (Phi) is 4.15. The summed E-state index contributed by atoms with van der Waals surface area (Å²) in [7, 11) is 1.48. The summed E-state index contributed by atoms with van der Waals surface area (Å²) in [5, 5.41) is 2.03. The fraction of sp³-hybridized carbons (Fsp3) is 0.389. The van der Waals surface area contributed by atoms with E-state index in [4.69, 9.17) is 4.74 Å². The summed E-state index contributed by atoms with van der Waals surface area (Å²) >= 11 is 0. The molecule has 1 N–H and O–H groups in total. The van der Waals surface area contributed by atoms with Crippen molar-refractivity contribution >= 4 is 16.7 Å². The first-order valence-electron chi connectivity index (χ1n) is 7.85. The second-order valence-electron chi connectivity index (χ2n) is 6.80. The molecular weight excluding hydrogens is 333 g/mol. The van der Waals surface area contributed by atoms with E-state index in [2.05, 4.69) is 5.43 Å². The van der Waals surface area contributed by atoms with Gasteiger partial charge in [0.1, 0.15) is 5.75 Å². The average molecular weight is 352 g/mol. The molecule has 7 heteroatoms. The van der Waals surface area contributed by atoms with Crippen LogP contribution in [-0.2, 0) is 4.79 Å². The van der Waals surface area contributed by atoms with Crippen molar-refractivity contribution in [1.82, 2.24) is 10.4 Å². The van der Waals surface area contributed by atoms with Gasteiger partial charge in [0, 0.05) is 11.9 Å². The first-order chi connectivity index (χ1) is 11.6. The number of ether oxygens (including phenoxy) is 1. The van der Waals surface area contributed by atoms with Crippen molar-refractivity contribution in [2.75, 3.05) is 13.7 Å². The predicted octanol–water partition coefficient (Wildman–Crippen LogP) is 3.82. The number of hydrogen-bond donors (Lipinski definition) is 1. The van der Waals surface area contributed by atoms with Crippen LogP contribution >= 0.6 is 0 Å². The minimum Gasteiger partial charge on any atom is -0.496 e. The van der Waals surface area contributed by atoms with Crippen LogP contribution in [0, 0.1) is 5.41 Å². The lowest BCUT2D eigenvalue weighted by atomic mass is 9.93.